The maximum absolute atomic E-state index is 12.0. The first kappa shape index (κ1) is 18.6. The first-order valence-electron chi connectivity index (χ1n) is 8.64. The van der Waals surface area contributed by atoms with E-state index in [1.54, 1.807) is 12.1 Å². The molecular weight excluding hydrogens is 398 g/mol. The van der Waals surface area contributed by atoms with Crippen LogP contribution in [0.4, 0.5) is 11.4 Å². The zero-order valence-corrected chi connectivity index (χ0v) is 16.7. The molecule has 4 rings (SSSR count). The number of sulfonamides is 1. The minimum atomic E-state index is -3.29. The largest absolute Gasteiger partial charge is 0.270 e. The Hall–Kier alpha value is -2.78. The number of thiazole rings is 1. The number of non-ortho nitro benzene ring substituents is 1. The molecule has 144 valence electrons. The van der Waals surface area contributed by atoms with Crippen LogP contribution in [0.25, 0.3) is 21.8 Å². The zero-order chi connectivity index (χ0) is 19.9. The second kappa shape index (κ2) is 6.99. The Balaban J connectivity index is 1.65. The van der Waals surface area contributed by atoms with Crippen LogP contribution in [-0.2, 0) is 16.4 Å². The smallest absolute Gasteiger partial charge is 0.269 e. The van der Waals surface area contributed by atoms with Crippen LogP contribution in [0.3, 0.4) is 0 Å². The van der Waals surface area contributed by atoms with Crippen molar-refractivity contribution in [3.05, 3.63) is 63.5 Å². The number of anilines is 1. The number of aryl methyl sites for hydroxylation is 1. The van der Waals surface area contributed by atoms with Gasteiger partial charge in [-0.3, -0.25) is 14.4 Å². The number of aromatic nitrogens is 1. The fourth-order valence-corrected chi connectivity index (χ4v) is 5.16. The second-order valence-corrected chi connectivity index (χ2v) is 9.39. The van der Waals surface area contributed by atoms with Crippen molar-refractivity contribution in [3.63, 3.8) is 0 Å². The SMILES string of the molecule is CS(=O)(=O)N1CCCc2cc(-c3csc(-c4ccc([N+](=O)[O-])cc4)n3)ccc21. The lowest BCUT2D eigenvalue weighted by atomic mass is 10.00. The van der Waals surface area contributed by atoms with E-state index in [-0.39, 0.29) is 5.69 Å². The summed E-state index contributed by atoms with van der Waals surface area (Å²) in [4.78, 5) is 15.0. The van der Waals surface area contributed by atoms with Crippen molar-refractivity contribution in [3.8, 4) is 21.8 Å². The summed E-state index contributed by atoms with van der Waals surface area (Å²) in [6.45, 7) is 0.506. The van der Waals surface area contributed by atoms with Crippen molar-refractivity contribution in [2.45, 2.75) is 12.8 Å². The van der Waals surface area contributed by atoms with Crippen LogP contribution in [0, 0.1) is 10.1 Å². The van der Waals surface area contributed by atoms with Gasteiger partial charge in [0.1, 0.15) is 5.01 Å². The summed E-state index contributed by atoms with van der Waals surface area (Å²) in [5, 5.41) is 13.5. The number of nitro groups is 1. The molecule has 0 saturated carbocycles. The molecule has 7 nitrogen and oxygen atoms in total. The highest BCUT2D eigenvalue weighted by atomic mass is 32.2. The Bertz CT molecular complexity index is 1150. The fraction of sp³-hybridized carbons (Fsp3) is 0.211. The van der Waals surface area contributed by atoms with Gasteiger partial charge in [0.2, 0.25) is 10.0 Å². The summed E-state index contributed by atoms with van der Waals surface area (Å²) in [6, 6.07) is 12.0. The van der Waals surface area contributed by atoms with E-state index >= 15 is 0 Å². The molecule has 2 heterocycles. The van der Waals surface area contributed by atoms with Gasteiger partial charge in [-0.05, 0) is 42.7 Å². The molecule has 0 amide bonds. The monoisotopic (exact) mass is 415 g/mol. The highest BCUT2D eigenvalue weighted by molar-refractivity contribution is 7.92. The zero-order valence-electron chi connectivity index (χ0n) is 15.0. The number of rotatable bonds is 4. The summed E-state index contributed by atoms with van der Waals surface area (Å²) in [5.74, 6) is 0. The van der Waals surface area contributed by atoms with Gasteiger partial charge in [0.05, 0.1) is 22.6 Å². The van der Waals surface area contributed by atoms with Gasteiger partial charge in [0.25, 0.3) is 5.69 Å². The molecule has 0 bridgehead atoms. The molecule has 0 N–H and O–H groups in total. The highest BCUT2D eigenvalue weighted by Crippen LogP contribution is 2.35. The minimum absolute atomic E-state index is 0.0469. The van der Waals surface area contributed by atoms with Crippen LogP contribution in [0.1, 0.15) is 12.0 Å². The molecule has 0 aliphatic carbocycles. The van der Waals surface area contributed by atoms with E-state index in [9.17, 15) is 18.5 Å². The number of hydrogen-bond acceptors (Lipinski definition) is 6. The van der Waals surface area contributed by atoms with E-state index in [4.69, 9.17) is 0 Å². The Labute approximate surface area is 166 Å². The normalized spacial score (nSPS) is 14.0. The molecule has 9 heteroatoms. The van der Waals surface area contributed by atoms with Crippen molar-refractivity contribution < 1.29 is 13.3 Å². The van der Waals surface area contributed by atoms with E-state index in [2.05, 4.69) is 4.98 Å². The maximum Gasteiger partial charge on any atom is 0.269 e. The third-order valence-corrected chi connectivity index (χ3v) is 6.75. The lowest BCUT2D eigenvalue weighted by Gasteiger charge is -2.29. The van der Waals surface area contributed by atoms with Gasteiger partial charge < -0.3 is 0 Å². The van der Waals surface area contributed by atoms with Crippen LogP contribution in [0.5, 0.6) is 0 Å². The van der Waals surface area contributed by atoms with E-state index < -0.39 is 14.9 Å². The molecule has 1 aliphatic rings. The van der Waals surface area contributed by atoms with Crippen LogP contribution in [0.15, 0.2) is 47.8 Å². The Morgan fingerprint density at radius 3 is 2.54 bits per heavy atom. The third kappa shape index (κ3) is 3.50. The molecule has 0 unspecified atom stereocenters. The predicted molar refractivity (Wildman–Crippen MR) is 110 cm³/mol. The molecule has 1 aromatic heterocycles. The number of nitrogens with zero attached hydrogens (tertiary/aromatic N) is 3. The van der Waals surface area contributed by atoms with Gasteiger partial charge >= 0.3 is 0 Å². The average Bonchev–Trinajstić information content (AvgIpc) is 3.16. The summed E-state index contributed by atoms with van der Waals surface area (Å²) < 4.78 is 25.5. The molecule has 0 radical (unpaired) electrons. The Morgan fingerprint density at radius 1 is 1.14 bits per heavy atom. The summed E-state index contributed by atoms with van der Waals surface area (Å²) in [7, 11) is -3.29. The predicted octanol–water partition coefficient (Wildman–Crippen LogP) is 4.10. The van der Waals surface area contributed by atoms with Gasteiger partial charge in [0, 0.05) is 35.2 Å². The molecule has 28 heavy (non-hydrogen) atoms. The van der Waals surface area contributed by atoms with Gasteiger partial charge in [-0.1, -0.05) is 6.07 Å². The van der Waals surface area contributed by atoms with E-state index in [1.165, 1.54) is 34.0 Å². The van der Waals surface area contributed by atoms with E-state index in [0.29, 0.717) is 6.54 Å². The lowest BCUT2D eigenvalue weighted by Crippen LogP contribution is -2.34. The van der Waals surface area contributed by atoms with Crippen molar-refractivity contribution in [1.29, 1.82) is 0 Å². The second-order valence-electron chi connectivity index (χ2n) is 6.62. The van der Waals surface area contributed by atoms with Gasteiger partial charge in [-0.2, -0.15) is 0 Å². The molecule has 0 spiro atoms. The van der Waals surface area contributed by atoms with Gasteiger partial charge in [0.15, 0.2) is 0 Å². The first-order chi connectivity index (χ1) is 13.3. The van der Waals surface area contributed by atoms with E-state index in [1.807, 2.05) is 23.6 Å². The minimum Gasteiger partial charge on any atom is -0.270 e. The van der Waals surface area contributed by atoms with Gasteiger partial charge in [-0.15, -0.1) is 11.3 Å². The molecule has 3 aromatic rings. The average molecular weight is 415 g/mol. The van der Waals surface area contributed by atoms with Crippen molar-refractivity contribution in [1.82, 2.24) is 4.98 Å². The van der Waals surface area contributed by atoms with Crippen LogP contribution in [0.2, 0.25) is 0 Å². The molecule has 1 aliphatic heterocycles. The van der Waals surface area contributed by atoms with Crippen molar-refractivity contribution in [2.24, 2.45) is 0 Å². The first-order valence-corrected chi connectivity index (χ1v) is 11.4. The molecule has 0 fully saturated rings. The Morgan fingerprint density at radius 2 is 1.86 bits per heavy atom. The molecule has 0 atom stereocenters. The third-order valence-electron chi connectivity index (χ3n) is 4.68. The Kier molecular flexibility index (Phi) is 4.64. The van der Waals surface area contributed by atoms with Crippen LogP contribution >= 0.6 is 11.3 Å². The number of nitro benzene ring substituents is 1. The molecular formula is C19H17N3O4S2. The topological polar surface area (TPSA) is 93.4 Å². The summed E-state index contributed by atoms with van der Waals surface area (Å²) >= 11 is 1.47. The molecule has 0 saturated heterocycles. The quantitative estimate of drug-likeness (QED) is 0.472. The molecule has 2 aromatic carbocycles. The fourth-order valence-electron chi connectivity index (χ4n) is 3.33. The number of benzene rings is 2. The standard InChI is InChI=1S/C19H17N3O4S2/c1-28(25,26)21-10-2-3-15-11-14(6-9-18(15)21)17-12-27-19(20-17)13-4-7-16(8-5-13)22(23)24/h4-9,11-12H,2-3,10H2,1H3. The van der Waals surface area contributed by atoms with Crippen LogP contribution < -0.4 is 4.31 Å². The number of hydrogen-bond donors (Lipinski definition) is 0. The van der Waals surface area contributed by atoms with Gasteiger partial charge in [-0.25, -0.2) is 13.4 Å². The maximum atomic E-state index is 12.0. The van der Waals surface area contributed by atoms with E-state index in [0.717, 1.165) is 45.9 Å². The lowest BCUT2D eigenvalue weighted by molar-refractivity contribution is -0.384. The van der Waals surface area contributed by atoms with Crippen molar-refractivity contribution in [2.75, 3.05) is 17.1 Å². The number of fused-ring (bicyclic) bond motifs is 1. The van der Waals surface area contributed by atoms with Crippen LogP contribution in [-0.4, -0.2) is 31.1 Å². The summed E-state index contributed by atoms with van der Waals surface area (Å²) in [5.41, 5.74) is 4.34. The summed E-state index contributed by atoms with van der Waals surface area (Å²) in [6.07, 6.45) is 2.84. The highest BCUT2D eigenvalue weighted by Gasteiger charge is 2.24. The van der Waals surface area contributed by atoms with Crippen molar-refractivity contribution >= 4 is 32.7 Å².